The van der Waals surface area contributed by atoms with Gasteiger partial charge in [-0.25, -0.2) is 0 Å². The minimum atomic E-state index is -0.0237. The maximum atomic E-state index is 12.9. The number of nitrogens with two attached hydrogens (primary N) is 1. The van der Waals surface area contributed by atoms with Gasteiger partial charge in [0.25, 0.3) is 5.91 Å². The van der Waals surface area contributed by atoms with E-state index in [1.807, 2.05) is 23.1 Å². The summed E-state index contributed by atoms with van der Waals surface area (Å²) in [5.41, 5.74) is 8.01. The van der Waals surface area contributed by atoms with Gasteiger partial charge in [0.05, 0.1) is 13.7 Å². The van der Waals surface area contributed by atoms with Gasteiger partial charge in [0.2, 0.25) is 0 Å². The smallest absolute Gasteiger partial charge is 0.254 e. The second-order valence-corrected chi connectivity index (χ2v) is 6.19. The Balaban J connectivity index is 2.20. The minimum absolute atomic E-state index is 0.0237. The predicted octanol–water partition coefficient (Wildman–Crippen LogP) is 4.12. The molecule has 0 saturated carbocycles. The molecule has 0 aliphatic rings. The van der Waals surface area contributed by atoms with Crippen molar-refractivity contribution in [1.29, 1.82) is 0 Å². The van der Waals surface area contributed by atoms with E-state index in [2.05, 4.69) is 13.8 Å². The number of methoxy groups -OCH3 is 1. The Bertz CT molecular complexity index is 731. The highest BCUT2D eigenvalue weighted by atomic mass is 16.5. The van der Waals surface area contributed by atoms with Gasteiger partial charge in [-0.2, -0.15) is 0 Å². The normalized spacial score (nSPS) is 10.4. The monoisotopic (exact) mass is 356 g/mol. The van der Waals surface area contributed by atoms with Gasteiger partial charge in [0, 0.05) is 24.3 Å². The van der Waals surface area contributed by atoms with Crippen molar-refractivity contribution in [3.05, 3.63) is 53.6 Å². The lowest BCUT2D eigenvalue weighted by molar-refractivity contribution is 0.0743. The molecule has 0 bridgehead atoms. The highest BCUT2D eigenvalue weighted by molar-refractivity contribution is 5.95. The quantitative estimate of drug-likeness (QED) is 0.687. The molecule has 2 rings (SSSR count). The van der Waals surface area contributed by atoms with E-state index in [0.29, 0.717) is 36.7 Å². The van der Waals surface area contributed by atoms with Gasteiger partial charge < -0.3 is 20.1 Å². The Morgan fingerprint density at radius 1 is 1.08 bits per heavy atom. The molecule has 0 unspecified atom stereocenters. The number of ether oxygens (including phenoxy) is 2. The van der Waals surface area contributed by atoms with Crippen LogP contribution in [0.3, 0.4) is 0 Å². The Morgan fingerprint density at radius 3 is 2.54 bits per heavy atom. The third-order valence-electron chi connectivity index (χ3n) is 3.98. The topological polar surface area (TPSA) is 64.8 Å². The summed E-state index contributed by atoms with van der Waals surface area (Å²) >= 11 is 0. The fourth-order valence-electron chi connectivity index (χ4n) is 2.74. The first-order valence-electron chi connectivity index (χ1n) is 9.03. The first kappa shape index (κ1) is 19.6. The highest BCUT2D eigenvalue weighted by Gasteiger charge is 2.17. The van der Waals surface area contributed by atoms with Crippen LogP contribution in [-0.2, 0) is 6.54 Å². The molecule has 2 N–H and O–H groups in total. The lowest BCUT2D eigenvalue weighted by Gasteiger charge is -2.23. The molecule has 0 spiro atoms. The van der Waals surface area contributed by atoms with Crippen molar-refractivity contribution in [3.8, 4) is 11.5 Å². The van der Waals surface area contributed by atoms with Crippen molar-refractivity contribution in [2.45, 2.75) is 33.2 Å². The number of amides is 1. The molecule has 2 aromatic carbocycles. The summed E-state index contributed by atoms with van der Waals surface area (Å²) in [5, 5.41) is 0. The van der Waals surface area contributed by atoms with Crippen molar-refractivity contribution in [1.82, 2.24) is 4.90 Å². The van der Waals surface area contributed by atoms with E-state index in [0.717, 1.165) is 24.2 Å². The second kappa shape index (κ2) is 9.70. The Kier molecular flexibility index (Phi) is 7.33. The van der Waals surface area contributed by atoms with Gasteiger partial charge in [-0.15, -0.1) is 0 Å². The van der Waals surface area contributed by atoms with Crippen molar-refractivity contribution < 1.29 is 14.3 Å². The van der Waals surface area contributed by atoms with Gasteiger partial charge in [0.1, 0.15) is 0 Å². The van der Waals surface area contributed by atoms with Gasteiger partial charge in [-0.3, -0.25) is 4.79 Å². The lowest BCUT2D eigenvalue weighted by Crippen LogP contribution is -2.31. The van der Waals surface area contributed by atoms with Gasteiger partial charge in [-0.05, 0) is 48.7 Å². The molecule has 0 heterocycles. The maximum Gasteiger partial charge on any atom is 0.254 e. The lowest BCUT2D eigenvalue weighted by atomic mass is 10.1. The van der Waals surface area contributed by atoms with E-state index in [9.17, 15) is 4.79 Å². The van der Waals surface area contributed by atoms with Crippen LogP contribution in [0.25, 0.3) is 0 Å². The molecule has 1 amide bonds. The van der Waals surface area contributed by atoms with E-state index >= 15 is 0 Å². The zero-order chi connectivity index (χ0) is 18.9. The summed E-state index contributed by atoms with van der Waals surface area (Å²) in [7, 11) is 1.62. The molecule has 5 nitrogen and oxygen atoms in total. The van der Waals surface area contributed by atoms with Crippen LogP contribution < -0.4 is 15.2 Å². The first-order chi connectivity index (χ1) is 12.6. The van der Waals surface area contributed by atoms with Crippen molar-refractivity contribution in [2.24, 2.45) is 0 Å². The molecular formula is C21H28N2O3. The molecule has 0 atom stereocenters. The molecule has 0 fully saturated rings. The van der Waals surface area contributed by atoms with Gasteiger partial charge in [-0.1, -0.05) is 26.0 Å². The van der Waals surface area contributed by atoms with Crippen LogP contribution >= 0.6 is 0 Å². The van der Waals surface area contributed by atoms with E-state index < -0.39 is 0 Å². The summed E-state index contributed by atoms with van der Waals surface area (Å²) < 4.78 is 11.1. The van der Waals surface area contributed by atoms with Crippen LogP contribution in [0.2, 0.25) is 0 Å². The van der Waals surface area contributed by atoms with Crippen LogP contribution in [0.5, 0.6) is 11.5 Å². The van der Waals surface area contributed by atoms with E-state index in [1.54, 1.807) is 31.4 Å². The van der Waals surface area contributed by atoms with E-state index in [4.69, 9.17) is 15.2 Å². The number of carbonyl (C=O) groups excluding carboxylic acids is 1. The molecule has 0 aliphatic heterocycles. The Hall–Kier alpha value is -2.69. The molecule has 26 heavy (non-hydrogen) atoms. The molecule has 5 heteroatoms. The molecule has 0 aromatic heterocycles. The van der Waals surface area contributed by atoms with Crippen LogP contribution in [-0.4, -0.2) is 31.1 Å². The molecular weight excluding hydrogens is 328 g/mol. The average Bonchev–Trinajstić information content (AvgIpc) is 2.65. The summed E-state index contributed by atoms with van der Waals surface area (Å²) in [6, 6.07) is 12.9. The number of anilines is 1. The summed E-state index contributed by atoms with van der Waals surface area (Å²) in [5.74, 6) is 1.38. The minimum Gasteiger partial charge on any atom is -0.493 e. The number of rotatable bonds is 9. The van der Waals surface area contributed by atoms with E-state index in [1.165, 1.54) is 0 Å². The van der Waals surface area contributed by atoms with Crippen LogP contribution in [0, 0.1) is 0 Å². The number of hydrogen-bond donors (Lipinski definition) is 1. The third-order valence-corrected chi connectivity index (χ3v) is 3.98. The number of nitrogens with zero attached hydrogens (tertiary/aromatic N) is 1. The summed E-state index contributed by atoms with van der Waals surface area (Å²) in [6.45, 7) is 5.94. The van der Waals surface area contributed by atoms with Gasteiger partial charge in [0.15, 0.2) is 11.5 Å². The maximum absolute atomic E-state index is 12.9. The predicted molar refractivity (Wildman–Crippen MR) is 105 cm³/mol. The summed E-state index contributed by atoms with van der Waals surface area (Å²) in [4.78, 5) is 14.7. The SMILES string of the molecule is CCCOc1ccc(CN(CCC)C(=O)c2cccc(N)c2)cc1OC. The molecule has 0 aliphatic carbocycles. The van der Waals surface area contributed by atoms with Gasteiger partial charge >= 0.3 is 0 Å². The Labute approximate surface area is 155 Å². The van der Waals surface area contributed by atoms with Crippen LogP contribution in [0.4, 0.5) is 5.69 Å². The highest BCUT2D eigenvalue weighted by Crippen LogP contribution is 2.29. The number of hydrogen-bond acceptors (Lipinski definition) is 4. The summed E-state index contributed by atoms with van der Waals surface area (Å²) in [6.07, 6.45) is 1.81. The second-order valence-electron chi connectivity index (χ2n) is 6.19. The molecule has 0 radical (unpaired) electrons. The first-order valence-corrected chi connectivity index (χ1v) is 9.03. The largest absolute Gasteiger partial charge is 0.493 e. The number of carbonyl (C=O) groups is 1. The number of benzene rings is 2. The van der Waals surface area contributed by atoms with Crippen molar-refractivity contribution in [2.75, 3.05) is 26.0 Å². The van der Waals surface area contributed by atoms with Crippen molar-refractivity contribution >= 4 is 11.6 Å². The standard InChI is InChI=1S/C21H28N2O3/c1-4-11-23(21(24)17-7-6-8-18(22)14-17)15-16-9-10-19(26-12-5-2)20(13-16)25-3/h6-10,13-14H,4-5,11-12,15,22H2,1-3H3. The van der Waals surface area contributed by atoms with Crippen LogP contribution in [0.15, 0.2) is 42.5 Å². The molecule has 2 aromatic rings. The van der Waals surface area contributed by atoms with E-state index in [-0.39, 0.29) is 5.91 Å². The third kappa shape index (κ3) is 5.15. The fourth-order valence-corrected chi connectivity index (χ4v) is 2.74. The van der Waals surface area contributed by atoms with Crippen molar-refractivity contribution in [3.63, 3.8) is 0 Å². The number of nitrogen functional groups attached to an aromatic ring is 1. The zero-order valence-corrected chi connectivity index (χ0v) is 15.8. The average molecular weight is 356 g/mol. The molecule has 0 saturated heterocycles. The zero-order valence-electron chi connectivity index (χ0n) is 15.8. The molecule has 140 valence electrons. The van der Waals surface area contributed by atoms with Crippen LogP contribution in [0.1, 0.15) is 42.6 Å². The Morgan fingerprint density at radius 2 is 1.88 bits per heavy atom. The fraction of sp³-hybridized carbons (Fsp3) is 0.381.